The van der Waals surface area contributed by atoms with Crippen molar-refractivity contribution in [1.82, 2.24) is 0 Å². The van der Waals surface area contributed by atoms with Crippen LogP contribution in [-0.4, -0.2) is 37.8 Å². The van der Waals surface area contributed by atoms with Crippen molar-refractivity contribution in [1.29, 1.82) is 0 Å². The van der Waals surface area contributed by atoms with Gasteiger partial charge in [-0.05, 0) is 110 Å². The predicted octanol–water partition coefficient (Wildman–Crippen LogP) is 8.35. The summed E-state index contributed by atoms with van der Waals surface area (Å²) in [6.45, 7) is 6.10. The fraction of sp³-hybridized carbons (Fsp3) is 0.194. The van der Waals surface area contributed by atoms with E-state index in [0.29, 0.717) is 56.6 Å². The van der Waals surface area contributed by atoms with Gasteiger partial charge in [-0.3, -0.25) is 19.4 Å². The molecule has 8 nitrogen and oxygen atoms in total. The van der Waals surface area contributed by atoms with E-state index >= 15 is 0 Å². The van der Waals surface area contributed by atoms with Crippen LogP contribution in [0, 0.1) is 13.8 Å². The van der Waals surface area contributed by atoms with Gasteiger partial charge in [0.1, 0.15) is 23.7 Å². The summed E-state index contributed by atoms with van der Waals surface area (Å²) in [4.78, 5) is 30.7. The zero-order chi connectivity index (χ0) is 33.8. The highest BCUT2D eigenvalue weighted by Gasteiger charge is 2.41. The molecule has 0 atom stereocenters. The van der Waals surface area contributed by atoms with Crippen LogP contribution >= 0.6 is 35.4 Å². The van der Waals surface area contributed by atoms with E-state index in [1.807, 2.05) is 32.9 Å². The summed E-state index contributed by atoms with van der Waals surface area (Å²) in [6.07, 6.45) is 1.51. The summed E-state index contributed by atoms with van der Waals surface area (Å²) in [5.41, 5.74) is 3.69. The standard InChI is InChI=1S/C36H32Cl2N2O6S/c1-6-45-33-16-23(9-13-32(33)46-20-24-17-27(43-4)12-14-31(24)44-5)15-28-34(41)39(25-10-7-21(2)29(37)18-25)36(47)40(35(28)42)26-11-8-22(3)30(38)19-26/h7-19H,6,20H2,1-5H3. The minimum absolute atomic E-state index is 0.0243. The topological polar surface area (TPSA) is 77.5 Å². The van der Waals surface area contributed by atoms with Crippen molar-refractivity contribution < 1.29 is 28.5 Å². The van der Waals surface area contributed by atoms with Crippen molar-refractivity contribution in [3.63, 3.8) is 0 Å². The number of carbonyl (C=O) groups is 2. The molecule has 4 aromatic carbocycles. The van der Waals surface area contributed by atoms with Gasteiger partial charge in [0.25, 0.3) is 11.8 Å². The van der Waals surface area contributed by atoms with Gasteiger partial charge in [0.2, 0.25) is 0 Å². The van der Waals surface area contributed by atoms with Crippen LogP contribution in [0.25, 0.3) is 6.08 Å². The van der Waals surface area contributed by atoms with Crippen molar-refractivity contribution in [3.8, 4) is 23.0 Å². The largest absolute Gasteiger partial charge is 0.497 e. The van der Waals surface area contributed by atoms with Crippen LogP contribution in [0.15, 0.2) is 78.4 Å². The van der Waals surface area contributed by atoms with Crippen LogP contribution in [-0.2, 0) is 16.2 Å². The van der Waals surface area contributed by atoms with Gasteiger partial charge in [-0.15, -0.1) is 0 Å². The van der Waals surface area contributed by atoms with Gasteiger partial charge in [0.05, 0.1) is 32.2 Å². The molecule has 1 aliphatic heterocycles. The van der Waals surface area contributed by atoms with Gasteiger partial charge in [-0.25, -0.2) is 0 Å². The molecule has 242 valence electrons. The number of rotatable bonds is 10. The normalized spacial score (nSPS) is 13.2. The Morgan fingerprint density at radius 2 is 1.32 bits per heavy atom. The molecule has 5 rings (SSSR count). The predicted molar refractivity (Wildman–Crippen MR) is 189 cm³/mol. The fourth-order valence-corrected chi connectivity index (χ4v) is 5.67. The Kier molecular flexibility index (Phi) is 10.4. The number of anilines is 2. The van der Waals surface area contributed by atoms with E-state index in [1.165, 1.54) is 15.9 Å². The molecule has 4 aromatic rings. The first-order valence-corrected chi connectivity index (χ1v) is 15.8. The number of carbonyl (C=O) groups excluding carboxylic acids is 2. The van der Waals surface area contributed by atoms with Crippen LogP contribution in [0.1, 0.15) is 29.2 Å². The molecule has 0 N–H and O–H groups in total. The highest BCUT2D eigenvalue weighted by molar-refractivity contribution is 7.81. The number of thiocarbonyl (C=S) groups is 1. The smallest absolute Gasteiger partial charge is 0.270 e. The summed E-state index contributed by atoms with van der Waals surface area (Å²) in [7, 11) is 3.18. The second-order valence-corrected chi connectivity index (χ2v) is 11.8. The van der Waals surface area contributed by atoms with E-state index in [9.17, 15) is 9.59 Å². The lowest BCUT2D eigenvalue weighted by Crippen LogP contribution is -2.57. The number of hydrogen-bond donors (Lipinski definition) is 0. The SMILES string of the molecule is CCOc1cc(C=C2C(=O)N(c3ccc(C)c(Cl)c3)C(=S)N(c3ccc(C)c(Cl)c3)C2=O)ccc1OCc1cc(OC)ccc1OC. The summed E-state index contributed by atoms with van der Waals surface area (Å²) in [6, 6.07) is 20.9. The van der Waals surface area contributed by atoms with Gasteiger partial charge < -0.3 is 18.9 Å². The minimum Gasteiger partial charge on any atom is -0.497 e. The lowest BCUT2D eigenvalue weighted by Gasteiger charge is -2.36. The molecule has 0 aromatic heterocycles. The zero-order valence-electron chi connectivity index (χ0n) is 26.4. The van der Waals surface area contributed by atoms with Gasteiger partial charge >= 0.3 is 0 Å². The van der Waals surface area contributed by atoms with E-state index in [0.717, 1.165) is 16.7 Å². The van der Waals surface area contributed by atoms with Gasteiger partial charge in [-0.2, -0.15) is 0 Å². The molecule has 0 spiro atoms. The highest BCUT2D eigenvalue weighted by atomic mass is 35.5. The van der Waals surface area contributed by atoms with Gasteiger partial charge in [0, 0.05) is 15.6 Å². The lowest BCUT2D eigenvalue weighted by molar-refractivity contribution is -0.120. The molecule has 2 amide bonds. The Hall–Kier alpha value is -4.57. The van der Waals surface area contributed by atoms with Crippen molar-refractivity contribution in [2.45, 2.75) is 27.4 Å². The number of aryl methyl sites for hydroxylation is 2. The average Bonchev–Trinajstić information content (AvgIpc) is 3.06. The molecular formula is C36H32Cl2N2O6S. The second kappa shape index (κ2) is 14.5. The molecule has 1 heterocycles. The molecule has 0 bridgehead atoms. The third-order valence-electron chi connectivity index (χ3n) is 7.53. The number of hydrogen-bond acceptors (Lipinski definition) is 7. The molecular weight excluding hydrogens is 659 g/mol. The molecule has 0 radical (unpaired) electrons. The monoisotopic (exact) mass is 690 g/mol. The van der Waals surface area contributed by atoms with Crippen LogP contribution in [0.5, 0.6) is 23.0 Å². The van der Waals surface area contributed by atoms with E-state index in [1.54, 1.807) is 74.9 Å². The van der Waals surface area contributed by atoms with Crippen molar-refractivity contribution in [2.75, 3.05) is 30.6 Å². The number of amides is 2. The number of halogens is 2. The third kappa shape index (κ3) is 7.07. The Morgan fingerprint density at radius 3 is 1.85 bits per heavy atom. The Bertz CT molecular complexity index is 1840. The van der Waals surface area contributed by atoms with Gasteiger partial charge in [0.15, 0.2) is 16.6 Å². The second-order valence-electron chi connectivity index (χ2n) is 10.6. The van der Waals surface area contributed by atoms with E-state index in [-0.39, 0.29) is 17.3 Å². The molecule has 1 fully saturated rings. The number of nitrogens with zero attached hydrogens (tertiary/aromatic N) is 2. The van der Waals surface area contributed by atoms with Crippen molar-refractivity contribution in [3.05, 3.63) is 111 Å². The quantitative estimate of drug-likeness (QED) is 0.0940. The molecule has 47 heavy (non-hydrogen) atoms. The molecule has 1 saturated heterocycles. The third-order valence-corrected chi connectivity index (χ3v) is 8.71. The number of methoxy groups -OCH3 is 2. The first-order chi connectivity index (χ1) is 22.6. The zero-order valence-corrected chi connectivity index (χ0v) is 28.8. The molecule has 11 heteroatoms. The van der Waals surface area contributed by atoms with E-state index in [2.05, 4.69) is 0 Å². The molecule has 1 aliphatic rings. The summed E-state index contributed by atoms with van der Waals surface area (Å²) < 4.78 is 22.9. The van der Waals surface area contributed by atoms with E-state index in [4.69, 9.17) is 54.4 Å². The first kappa shape index (κ1) is 33.8. The van der Waals surface area contributed by atoms with E-state index < -0.39 is 11.8 Å². The minimum atomic E-state index is -0.599. The maximum absolute atomic E-state index is 14.1. The van der Waals surface area contributed by atoms with Crippen LogP contribution in [0.4, 0.5) is 11.4 Å². The maximum atomic E-state index is 14.1. The Labute approximate surface area is 289 Å². The van der Waals surface area contributed by atoms with Gasteiger partial charge in [-0.1, -0.05) is 41.4 Å². The van der Waals surface area contributed by atoms with Crippen molar-refractivity contribution >= 4 is 69.8 Å². The summed E-state index contributed by atoms with van der Waals surface area (Å²) >= 11 is 18.6. The average molecular weight is 692 g/mol. The van der Waals surface area contributed by atoms with Crippen LogP contribution in [0.3, 0.4) is 0 Å². The molecule has 0 saturated carbocycles. The fourth-order valence-electron chi connectivity index (χ4n) is 4.95. The Morgan fingerprint density at radius 1 is 0.723 bits per heavy atom. The van der Waals surface area contributed by atoms with Crippen LogP contribution < -0.4 is 28.7 Å². The summed E-state index contributed by atoms with van der Waals surface area (Å²) in [5.74, 6) is 1.01. The lowest BCUT2D eigenvalue weighted by atomic mass is 10.0. The Balaban J connectivity index is 1.55. The van der Waals surface area contributed by atoms with Crippen LogP contribution in [0.2, 0.25) is 10.0 Å². The maximum Gasteiger partial charge on any atom is 0.270 e. The van der Waals surface area contributed by atoms with Crippen molar-refractivity contribution in [2.24, 2.45) is 0 Å². The first-order valence-electron chi connectivity index (χ1n) is 14.6. The summed E-state index contributed by atoms with van der Waals surface area (Å²) in [5, 5.41) is 0.881. The molecule has 0 unspecified atom stereocenters. The highest BCUT2D eigenvalue weighted by Crippen LogP contribution is 2.36. The number of ether oxygens (including phenoxy) is 4. The number of benzene rings is 4. The molecule has 0 aliphatic carbocycles.